The molecule has 1 aliphatic heterocycles. The molecule has 2 aliphatic rings. The van der Waals surface area contributed by atoms with Crippen LogP contribution in [0.25, 0.3) is 10.8 Å². The summed E-state index contributed by atoms with van der Waals surface area (Å²) < 4.78 is 5.19. The highest BCUT2D eigenvalue weighted by Gasteiger charge is 2.38. The fourth-order valence-electron chi connectivity index (χ4n) is 5.24. The molecule has 5 rings (SSSR count). The number of benzene rings is 3. The Kier molecular flexibility index (Phi) is 5.36. The molecule has 2 unspecified atom stereocenters. The van der Waals surface area contributed by atoms with E-state index in [0.29, 0.717) is 31.2 Å². The Morgan fingerprint density at radius 1 is 0.967 bits per heavy atom. The lowest BCUT2D eigenvalue weighted by atomic mass is 9.80. The summed E-state index contributed by atoms with van der Waals surface area (Å²) in [6, 6.07) is 24.8. The van der Waals surface area contributed by atoms with Gasteiger partial charge < -0.3 is 15.2 Å². The van der Waals surface area contributed by atoms with Gasteiger partial charge in [-0.05, 0) is 59.6 Å². The van der Waals surface area contributed by atoms with Gasteiger partial charge >= 0.3 is 0 Å². The monoisotopic (exact) mass is 401 g/mol. The summed E-state index contributed by atoms with van der Waals surface area (Å²) >= 11 is 0. The van der Waals surface area contributed by atoms with Gasteiger partial charge in [-0.1, -0.05) is 73.2 Å². The van der Waals surface area contributed by atoms with E-state index in [4.69, 9.17) is 4.74 Å². The molecule has 156 valence electrons. The normalized spacial score (nSPS) is 24.3. The molecule has 1 saturated carbocycles. The van der Waals surface area contributed by atoms with Gasteiger partial charge in [-0.25, -0.2) is 0 Å². The summed E-state index contributed by atoms with van der Waals surface area (Å²) in [4.78, 5) is 0. The van der Waals surface area contributed by atoms with E-state index >= 15 is 0 Å². The largest absolute Gasteiger partial charge is 0.380 e. The summed E-state index contributed by atoms with van der Waals surface area (Å²) in [6.45, 7) is 3.11. The lowest BCUT2D eigenvalue weighted by molar-refractivity contribution is -0.184. The molecule has 0 spiro atoms. The predicted octanol–water partition coefficient (Wildman–Crippen LogP) is 5.43. The molecule has 3 aromatic rings. The minimum atomic E-state index is -0.775. The van der Waals surface area contributed by atoms with Gasteiger partial charge in [0.15, 0.2) is 0 Å². The van der Waals surface area contributed by atoms with E-state index in [1.807, 2.05) is 0 Å². The lowest BCUT2D eigenvalue weighted by Crippen LogP contribution is -2.46. The Bertz CT molecular complexity index is 1000. The first-order chi connectivity index (χ1) is 14.6. The van der Waals surface area contributed by atoms with Gasteiger partial charge in [0.1, 0.15) is 5.60 Å². The summed E-state index contributed by atoms with van der Waals surface area (Å²) in [7, 11) is 0. The third-order valence-corrected chi connectivity index (χ3v) is 7.05. The summed E-state index contributed by atoms with van der Waals surface area (Å²) in [5, 5.41) is 17.1. The topological polar surface area (TPSA) is 41.5 Å². The first-order valence-corrected chi connectivity index (χ1v) is 11.3. The van der Waals surface area contributed by atoms with Gasteiger partial charge in [0.2, 0.25) is 0 Å². The van der Waals surface area contributed by atoms with Crippen molar-refractivity contribution in [2.24, 2.45) is 0 Å². The highest BCUT2D eigenvalue weighted by atomic mass is 16.5. The third-order valence-electron chi connectivity index (χ3n) is 7.05. The van der Waals surface area contributed by atoms with Crippen LogP contribution in [-0.4, -0.2) is 24.4 Å². The van der Waals surface area contributed by atoms with Gasteiger partial charge in [0, 0.05) is 12.1 Å². The molecule has 3 atom stereocenters. The number of rotatable bonds is 5. The fourth-order valence-corrected chi connectivity index (χ4v) is 5.24. The van der Waals surface area contributed by atoms with E-state index in [2.05, 4.69) is 79.0 Å². The van der Waals surface area contributed by atoms with E-state index in [-0.39, 0.29) is 0 Å². The van der Waals surface area contributed by atoms with Crippen LogP contribution in [0.4, 0.5) is 0 Å². The van der Waals surface area contributed by atoms with Crippen LogP contribution in [0, 0.1) is 0 Å². The fraction of sp³-hybridized carbons (Fsp3) is 0.407. The number of ether oxygens (including phenoxy) is 1. The van der Waals surface area contributed by atoms with Crippen LogP contribution in [0.5, 0.6) is 0 Å². The van der Waals surface area contributed by atoms with Crippen molar-refractivity contribution in [3.63, 3.8) is 0 Å². The second kappa shape index (κ2) is 8.14. The number of nitrogens with one attached hydrogen (secondary N) is 1. The maximum Gasteiger partial charge on any atom is 0.136 e. The first kappa shape index (κ1) is 19.7. The molecule has 3 nitrogen and oxygen atoms in total. The number of aliphatic hydroxyl groups is 1. The Morgan fingerprint density at radius 3 is 2.50 bits per heavy atom. The smallest absolute Gasteiger partial charge is 0.136 e. The minimum Gasteiger partial charge on any atom is -0.380 e. The molecule has 2 N–H and O–H groups in total. The van der Waals surface area contributed by atoms with Crippen molar-refractivity contribution >= 4 is 10.8 Å². The van der Waals surface area contributed by atoms with Crippen LogP contribution >= 0.6 is 0 Å². The predicted molar refractivity (Wildman–Crippen MR) is 122 cm³/mol. The highest BCUT2D eigenvalue weighted by molar-refractivity contribution is 5.86. The lowest BCUT2D eigenvalue weighted by Gasteiger charge is -2.37. The van der Waals surface area contributed by atoms with Gasteiger partial charge in [-0.15, -0.1) is 0 Å². The van der Waals surface area contributed by atoms with Gasteiger partial charge in [0.05, 0.1) is 13.2 Å². The average molecular weight is 402 g/mol. The van der Waals surface area contributed by atoms with Crippen molar-refractivity contribution in [3.05, 3.63) is 83.4 Å². The van der Waals surface area contributed by atoms with Crippen LogP contribution < -0.4 is 5.32 Å². The zero-order valence-electron chi connectivity index (χ0n) is 17.7. The maximum absolute atomic E-state index is 10.5. The highest BCUT2D eigenvalue weighted by Crippen LogP contribution is 2.36. The van der Waals surface area contributed by atoms with Crippen LogP contribution in [-0.2, 0) is 10.3 Å². The second-order valence-electron chi connectivity index (χ2n) is 9.16. The molecule has 0 radical (unpaired) electrons. The van der Waals surface area contributed by atoms with Crippen molar-refractivity contribution in [1.29, 1.82) is 0 Å². The molecule has 0 amide bonds. The van der Waals surface area contributed by atoms with E-state index in [1.54, 1.807) is 0 Å². The van der Waals surface area contributed by atoms with Crippen LogP contribution in [0.2, 0.25) is 0 Å². The quantitative estimate of drug-likeness (QED) is 0.599. The summed E-state index contributed by atoms with van der Waals surface area (Å²) in [6.07, 6.45) is 4.90. The standard InChI is InChI=1S/C27H31NO2/c1-19(25-11-5-7-21-6-2-3-10-26(21)25)28-24-9-4-8-22(16-24)20-12-14-23(15-13-20)27(29)17-30-18-27/h2-3,5-7,10-15,19,22,24,28-29H,4,8-9,16-18H2,1H3/t19?,22-,24?/m0/s1. The van der Waals surface area contributed by atoms with Crippen LogP contribution in [0.15, 0.2) is 66.7 Å². The second-order valence-corrected chi connectivity index (χ2v) is 9.16. The van der Waals surface area contributed by atoms with Crippen molar-refractivity contribution in [2.75, 3.05) is 13.2 Å². The Balaban J connectivity index is 1.27. The van der Waals surface area contributed by atoms with E-state index in [1.165, 1.54) is 47.6 Å². The maximum atomic E-state index is 10.5. The Hall–Kier alpha value is -2.20. The minimum absolute atomic E-state index is 0.329. The molecule has 0 aromatic heterocycles. The molecule has 1 saturated heterocycles. The molecular formula is C27H31NO2. The molecule has 2 fully saturated rings. The van der Waals surface area contributed by atoms with E-state index in [9.17, 15) is 5.11 Å². The first-order valence-electron chi connectivity index (χ1n) is 11.3. The zero-order valence-corrected chi connectivity index (χ0v) is 17.7. The molecule has 3 aromatic carbocycles. The van der Waals surface area contributed by atoms with E-state index < -0.39 is 5.60 Å². The van der Waals surface area contributed by atoms with Crippen LogP contribution in [0.1, 0.15) is 61.3 Å². The SMILES string of the molecule is CC(NC1CCC[C@H](c2ccc(C3(O)COC3)cc2)C1)c1cccc2ccccc12. The van der Waals surface area contributed by atoms with Gasteiger partial charge in [-0.3, -0.25) is 0 Å². The molecule has 0 bridgehead atoms. The summed E-state index contributed by atoms with van der Waals surface area (Å²) in [5.41, 5.74) is 2.98. The number of hydrogen-bond acceptors (Lipinski definition) is 3. The third kappa shape index (κ3) is 3.78. The van der Waals surface area contributed by atoms with Crippen LogP contribution in [0.3, 0.4) is 0 Å². The van der Waals surface area contributed by atoms with E-state index in [0.717, 1.165) is 5.56 Å². The molecule has 30 heavy (non-hydrogen) atoms. The van der Waals surface area contributed by atoms with Crippen molar-refractivity contribution in [3.8, 4) is 0 Å². The summed E-state index contributed by atoms with van der Waals surface area (Å²) in [5.74, 6) is 0.581. The molecule has 1 heterocycles. The zero-order chi connectivity index (χ0) is 20.6. The average Bonchev–Trinajstić information content (AvgIpc) is 2.77. The van der Waals surface area contributed by atoms with Crippen molar-refractivity contribution in [2.45, 2.75) is 56.2 Å². The Labute approximate surface area is 179 Å². The molecule has 3 heteroatoms. The Morgan fingerprint density at radius 2 is 1.73 bits per heavy atom. The number of hydrogen-bond donors (Lipinski definition) is 2. The van der Waals surface area contributed by atoms with Gasteiger partial charge in [0.25, 0.3) is 0 Å². The molecule has 1 aliphatic carbocycles. The van der Waals surface area contributed by atoms with Gasteiger partial charge in [-0.2, -0.15) is 0 Å². The number of fused-ring (bicyclic) bond motifs is 1. The van der Waals surface area contributed by atoms with Crippen molar-refractivity contribution < 1.29 is 9.84 Å². The van der Waals surface area contributed by atoms with Crippen molar-refractivity contribution in [1.82, 2.24) is 5.32 Å². The molecular weight excluding hydrogens is 370 g/mol.